The van der Waals surface area contributed by atoms with Crippen LogP contribution in [0.3, 0.4) is 0 Å². The SMILES string of the molecule is CC(=O)O[C@@H](CNCc1ccc(F)cc1)[C@@]12CC[C@]3(C)[C@H](CC[C@@H]4[C@@]5(C)CC[C@H](OC(=O)CC(C)(C)C(=O)O)[C@H](C)[C@@H]5CC[C@]43C)C1=C(C(C)C)C(=O)C2. The maximum Gasteiger partial charge on any atom is 0.309 e. The molecule has 54 heavy (non-hydrogen) atoms. The van der Waals surface area contributed by atoms with Crippen molar-refractivity contribution in [2.24, 2.45) is 56.7 Å². The van der Waals surface area contributed by atoms with Crippen LogP contribution in [0.25, 0.3) is 0 Å². The van der Waals surface area contributed by atoms with Gasteiger partial charge in [0.15, 0.2) is 5.78 Å². The molecule has 5 aliphatic rings. The van der Waals surface area contributed by atoms with E-state index in [9.17, 15) is 28.7 Å². The fourth-order valence-electron chi connectivity index (χ4n) is 13.0. The van der Waals surface area contributed by atoms with Crippen LogP contribution >= 0.6 is 0 Å². The van der Waals surface area contributed by atoms with Gasteiger partial charge in [-0.25, -0.2) is 4.39 Å². The van der Waals surface area contributed by atoms with Crippen molar-refractivity contribution in [3.05, 3.63) is 46.8 Å². The van der Waals surface area contributed by atoms with Gasteiger partial charge < -0.3 is 19.9 Å². The van der Waals surface area contributed by atoms with E-state index in [1.165, 1.54) is 24.6 Å². The second kappa shape index (κ2) is 14.5. The molecule has 1 aromatic carbocycles. The lowest BCUT2D eigenvalue weighted by molar-refractivity contribution is -0.218. The number of carboxylic acids is 1. The minimum atomic E-state index is -1.17. The lowest BCUT2D eigenvalue weighted by Crippen LogP contribution is -2.65. The third-order valence-corrected chi connectivity index (χ3v) is 16.0. The van der Waals surface area contributed by atoms with E-state index in [-0.39, 0.29) is 64.1 Å². The first-order valence-corrected chi connectivity index (χ1v) is 20.5. The van der Waals surface area contributed by atoms with Gasteiger partial charge in [-0.05, 0) is 140 Å². The van der Waals surface area contributed by atoms with Crippen molar-refractivity contribution in [1.29, 1.82) is 0 Å². The van der Waals surface area contributed by atoms with E-state index >= 15 is 0 Å². The first-order chi connectivity index (χ1) is 25.2. The number of carboxylic acid groups (broad SMARTS) is 1. The third-order valence-electron chi connectivity index (χ3n) is 16.0. The predicted molar refractivity (Wildman–Crippen MR) is 204 cm³/mol. The van der Waals surface area contributed by atoms with E-state index in [0.29, 0.717) is 31.3 Å². The average Bonchev–Trinajstić information content (AvgIpc) is 3.39. The molecule has 0 aliphatic heterocycles. The highest BCUT2D eigenvalue weighted by Gasteiger charge is 2.70. The molecule has 0 amide bonds. The molecular formula is C45H64FNO7. The summed E-state index contributed by atoms with van der Waals surface area (Å²) in [6, 6.07) is 6.41. The molecule has 0 bridgehead atoms. The van der Waals surface area contributed by atoms with Gasteiger partial charge in [0.25, 0.3) is 0 Å². The Morgan fingerprint density at radius 2 is 1.67 bits per heavy atom. The van der Waals surface area contributed by atoms with Crippen molar-refractivity contribution in [3.8, 4) is 0 Å². The number of Topliss-reactive ketones (excluding diaryl/α,β-unsaturated/α-hetero) is 1. The van der Waals surface area contributed by atoms with Crippen molar-refractivity contribution in [2.75, 3.05) is 6.54 Å². The number of allylic oxidation sites excluding steroid dienone is 1. The molecular weight excluding hydrogens is 685 g/mol. The molecule has 0 saturated heterocycles. The van der Waals surface area contributed by atoms with Crippen LogP contribution in [0.2, 0.25) is 0 Å². The molecule has 0 unspecified atom stereocenters. The number of ether oxygens (including phenoxy) is 2. The zero-order valence-electron chi connectivity index (χ0n) is 34.1. The van der Waals surface area contributed by atoms with Crippen molar-refractivity contribution >= 4 is 23.7 Å². The Morgan fingerprint density at radius 1 is 0.981 bits per heavy atom. The smallest absolute Gasteiger partial charge is 0.309 e. The zero-order valence-corrected chi connectivity index (χ0v) is 34.1. The molecule has 8 nitrogen and oxygen atoms in total. The van der Waals surface area contributed by atoms with Crippen LogP contribution in [-0.2, 0) is 35.2 Å². The Balaban J connectivity index is 1.28. The van der Waals surface area contributed by atoms with Gasteiger partial charge in [0.2, 0.25) is 0 Å². The van der Waals surface area contributed by atoms with Crippen molar-refractivity contribution in [1.82, 2.24) is 5.32 Å². The quantitative estimate of drug-likeness (QED) is 0.216. The molecule has 2 N–H and O–H groups in total. The number of aliphatic carboxylic acids is 1. The first-order valence-electron chi connectivity index (χ1n) is 20.5. The first kappa shape index (κ1) is 40.6. The Bertz CT molecular complexity index is 1680. The summed E-state index contributed by atoms with van der Waals surface area (Å²) >= 11 is 0. The molecule has 4 fully saturated rings. The average molecular weight is 750 g/mol. The molecule has 0 heterocycles. The van der Waals surface area contributed by atoms with Crippen LogP contribution in [0.1, 0.15) is 132 Å². The number of carbonyl (C=O) groups is 4. The molecule has 0 aromatic heterocycles. The maximum atomic E-state index is 14.2. The molecule has 5 aliphatic carbocycles. The predicted octanol–water partition coefficient (Wildman–Crippen LogP) is 8.85. The molecule has 298 valence electrons. The molecule has 0 radical (unpaired) electrons. The second-order valence-corrected chi connectivity index (χ2v) is 19.6. The number of carbonyl (C=O) groups excluding carboxylic acids is 3. The molecule has 10 atom stereocenters. The van der Waals surface area contributed by atoms with Crippen LogP contribution in [0.15, 0.2) is 35.4 Å². The number of hydrogen-bond donors (Lipinski definition) is 2. The van der Waals surface area contributed by atoms with Crippen LogP contribution in [0.5, 0.6) is 0 Å². The standard InChI is InChI=1S/C45H64FNO7/c1-26(2)38-33(49)22-45(36(53-28(4)48)25-47-24-29-10-12-30(46)13-11-29)21-20-43(8)32(39(38)45)14-15-35-42(7)18-17-34(27(3)31(42)16-19-44(35,43)9)54-37(50)23-41(5,6)40(51)52/h10-13,26-27,31-32,34-36,47H,14-25H2,1-9H3,(H,51,52)/t27-,31+,32-,34+,35-,36+,42+,43-,44-,45+/m1/s1. The van der Waals surface area contributed by atoms with Crippen molar-refractivity contribution in [3.63, 3.8) is 0 Å². The van der Waals surface area contributed by atoms with Gasteiger partial charge in [0.1, 0.15) is 18.0 Å². The minimum absolute atomic E-state index is 0.0144. The van der Waals surface area contributed by atoms with Crippen molar-refractivity contribution < 1.29 is 38.1 Å². The van der Waals surface area contributed by atoms with Gasteiger partial charge in [-0.1, -0.05) is 53.7 Å². The van der Waals surface area contributed by atoms with Gasteiger partial charge in [-0.15, -0.1) is 0 Å². The van der Waals surface area contributed by atoms with Gasteiger partial charge in [-0.3, -0.25) is 19.2 Å². The summed E-state index contributed by atoms with van der Waals surface area (Å²) in [6.07, 6.45) is 7.06. The Labute approximate surface area is 321 Å². The number of rotatable bonds is 11. The van der Waals surface area contributed by atoms with Crippen molar-refractivity contribution in [2.45, 2.75) is 145 Å². The zero-order chi connectivity index (χ0) is 39.6. The van der Waals surface area contributed by atoms with Crippen LogP contribution in [0, 0.1) is 62.5 Å². The van der Waals surface area contributed by atoms with E-state index < -0.39 is 28.9 Å². The van der Waals surface area contributed by atoms with Crippen LogP contribution < -0.4 is 5.32 Å². The summed E-state index contributed by atoms with van der Waals surface area (Å²) < 4.78 is 25.9. The topological polar surface area (TPSA) is 119 Å². The summed E-state index contributed by atoms with van der Waals surface area (Å²) in [5.74, 6) is -0.604. The fraction of sp³-hybridized carbons (Fsp3) is 0.733. The maximum absolute atomic E-state index is 14.2. The third kappa shape index (κ3) is 6.66. The number of hydrogen-bond acceptors (Lipinski definition) is 7. The highest BCUT2D eigenvalue weighted by atomic mass is 19.1. The minimum Gasteiger partial charge on any atom is -0.481 e. The van der Waals surface area contributed by atoms with Gasteiger partial charge in [0, 0.05) is 31.8 Å². The number of nitrogens with one attached hydrogen (secondary N) is 1. The Kier molecular flexibility index (Phi) is 10.9. The summed E-state index contributed by atoms with van der Waals surface area (Å²) in [6.45, 7) is 19.5. The van der Waals surface area contributed by atoms with E-state index in [4.69, 9.17) is 9.47 Å². The highest BCUT2D eigenvalue weighted by molar-refractivity contribution is 6.01. The summed E-state index contributed by atoms with van der Waals surface area (Å²) in [4.78, 5) is 51.7. The van der Waals surface area contributed by atoms with E-state index in [1.807, 2.05) is 0 Å². The highest BCUT2D eigenvalue weighted by Crippen LogP contribution is 2.76. The Morgan fingerprint density at radius 3 is 2.30 bits per heavy atom. The second-order valence-electron chi connectivity index (χ2n) is 19.6. The molecule has 0 spiro atoms. The molecule has 4 saturated carbocycles. The lowest BCUT2D eigenvalue weighted by atomic mass is 9.33. The van der Waals surface area contributed by atoms with Gasteiger partial charge in [0.05, 0.1) is 11.8 Å². The van der Waals surface area contributed by atoms with Gasteiger partial charge in [-0.2, -0.15) is 0 Å². The molecule has 1 aromatic rings. The summed E-state index contributed by atoms with van der Waals surface area (Å²) in [7, 11) is 0. The van der Waals surface area contributed by atoms with E-state index in [2.05, 4.69) is 46.9 Å². The number of fused-ring (bicyclic) bond motifs is 7. The molecule has 6 rings (SSSR count). The fourth-order valence-corrected chi connectivity index (χ4v) is 13.0. The Hall–Kier alpha value is -3.07. The summed E-state index contributed by atoms with van der Waals surface area (Å²) in [5, 5.41) is 13.1. The number of esters is 2. The van der Waals surface area contributed by atoms with Crippen LogP contribution in [-0.4, -0.2) is 47.6 Å². The van der Waals surface area contributed by atoms with E-state index in [0.717, 1.165) is 62.5 Å². The van der Waals surface area contributed by atoms with E-state index in [1.54, 1.807) is 26.0 Å². The normalized spacial score (nSPS) is 36.8. The largest absolute Gasteiger partial charge is 0.481 e. The van der Waals surface area contributed by atoms with Crippen LogP contribution in [0.4, 0.5) is 4.39 Å². The number of ketones is 1. The number of halogens is 1. The molecule has 9 heteroatoms. The summed E-state index contributed by atoms with van der Waals surface area (Å²) in [5.41, 5.74) is 1.41. The van der Waals surface area contributed by atoms with Gasteiger partial charge >= 0.3 is 17.9 Å². The monoisotopic (exact) mass is 749 g/mol. The lowest BCUT2D eigenvalue weighted by Gasteiger charge is -2.71. The number of benzene rings is 1.